The zero-order chi connectivity index (χ0) is 9.68. The maximum absolute atomic E-state index is 11.8. The van der Waals surface area contributed by atoms with E-state index in [9.17, 15) is 4.79 Å². The van der Waals surface area contributed by atoms with Gasteiger partial charge in [0.05, 0.1) is 5.92 Å². The van der Waals surface area contributed by atoms with E-state index < -0.39 is 0 Å². The van der Waals surface area contributed by atoms with Gasteiger partial charge in [-0.25, -0.2) is 0 Å². The molecule has 1 N–H and O–H groups in total. The van der Waals surface area contributed by atoms with Crippen molar-refractivity contribution in [3.05, 3.63) is 0 Å². The SMILES string of the molecule is CCCN(C)C(=O)C1CCCNC1. The first kappa shape index (κ1) is 10.5. The molecule has 0 aliphatic carbocycles. The Morgan fingerprint density at radius 1 is 1.62 bits per heavy atom. The van der Waals surface area contributed by atoms with Gasteiger partial charge in [0.1, 0.15) is 0 Å². The minimum absolute atomic E-state index is 0.227. The largest absolute Gasteiger partial charge is 0.345 e. The second-order valence-corrected chi connectivity index (χ2v) is 3.80. The average molecular weight is 184 g/mol. The number of nitrogens with one attached hydrogen (secondary N) is 1. The summed E-state index contributed by atoms with van der Waals surface area (Å²) in [4.78, 5) is 13.6. The number of hydrogen-bond donors (Lipinski definition) is 1. The van der Waals surface area contributed by atoms with Crippen molar-refractivity contribution < 1.29 is 4.79 Å². The molecule has 1 fully saturated rings. The number of nitrogens with zero attached hydrogens (tertiary/aromatic N) is 1. The van der Waals surface area contributed by atoms with Gasteiger partial charge in [0.2, 0.25) is 5.91 Å². The number of carbonyl (C=O) groups excluding carboxylic acids is 1. The third-order valence-corrected chi connectivity index (χ3v) is 2.58. The van der Waals surface area contributed by atoms with E-state index in [1.807, 2.05) is 11.9 Å². The fourth-order valence-electron chi connectivity index (χ4n) is 1.82. The highest BCUT2D eigenvalue weighted by molar-refractivity contribution is 5.78. The van der Waals surface area contributed by atoms with Crippen LogP contribution in [0.1, 0.15) is 26.2 Å². The van der Waals surface area contributed by atoms with Crippen molar-refractivity contribution in [2.24, 2.45) is 5.92 Å². The van der Waals surface area contributed by atoms with Crippen molar-refractivity contribution in [3.63, 3.8) is 0 Å². The lowest BCUT2D eigenvalue weighted by Crippen LogP contribution is -2.41. The van der Waals surface area contributed by atoms with Crippen molar-refractivity contribution in [1.82, 2.24) is 10.2 Å². The molecule has 3 nitrogen and oxygen atoms in total. The molecule has 1 heterocycles. The van der Waals surface area contributed by atoms with Gasteiger partial charge in [-0.15, -0.1) is 0 Å². The van der Waals surface area contributed by atoms with Gasteiger partial charge in [0.25, 0.3) is 0 Å². The number of piperidine rings is 1. The van der Waals surface area contributed by atoms with E-state index in [4.69, 9.17) is 0 Å². The predicted molar refractivity (Wildman–Crippen MR) is 53.5 cm³/mol. The molecule has 0 bridgehead atoms. The summed E-state index contributed by atoms with van der Waals surface area (Å²) in [5.74, 6) is 0.541. The van der Waals surface area contributed by atoms with Crippen LogP contribution in [0.3, 0.4) is 0 Å². The van der Waals surface area contributed by atoms with E-state index in [1.54, 1.807) is 0 Å². The van der Waals surface area contributed by atoms with Gasteiger partial charge >= 0.3 is 0 Å². The fraction of sp³-hybridized carbons (Fsp3) is 0.900. The lowest BCUT2D eigenvalue weighted by molar-refractivity contribution is -0.134. The van der Waals surface area contributed by atoms with Crippen molar-refractivity contribution in [3.8, 4) is 0 Å². The highest BCUT2D eigenvalue weighted by atomic mass is 16.2. The Labute approximate surface area is 80.5 Å². The molecule has 1 aliphatic heterocycles. The molecular formula is C10H20N2O. The summed E-state index contributed by atoms with van der Waals surface area (Å²) in [6, 6.07) is 0. The van der Waals surface area contributed by atoms with Crippen LogP contribution in [-0.4, -0.2) is 37.5 Å². The van der Waals surface area contributed by atoms with Crippen LogP contribution in [0.5, 0.6) is 0 Å². The molecule has 1 saturated heterocycles. The third-order valence-electron chi connectivity index (χ3n) is 2.58. The van der Waals surface area contributed by atoms with Crippen LogP contribution >= 0.6 is 0 Å². The molecule has 1 unspecified atom stereocenters. The molecule has 0 spiro atoms. The molecule has 0 aromatic heterocycles. The molecule has 1 rings (SSSR count). The van der Waals surface area contributed by atoms with E-state index in [2.05, 4.69) is 12.2 Å². The Hall–Kier alpha value is -0.570. The highest BCUT2D eigenvalue weighted by Gasteiger charge is 2.23. The molecule has 0 aromatic rings. The van der Waals surface area contributed by atoms with Crippen molar-refractivity contribution in [1.29, 1.82) is 0 Å². The molecule has 0 aromatic carbocycles. The van der Waals surface area contributed by atoms with Crippen LogP contribution in [0.4, 0.5) is 0 Å². The maximum atomic E-state index is 11.8. The van der Waals surface area contributed by atoms with Crippen LogP contribution in [0.2, 0.25) is 0 Å². The number of amides is 1. The van der Waals surface area contributed by atoms with Crippen LogP contribution < -0.4 is 5.32 Å². The van der Waals surface area contributed by atoms with Crippen LogP contribution in [-0.2, 0) is 4.79 Å². The predicted octanol–water partition coefficient (Wildman–Crippen LogP) is 0.854. The van der Waals surface area contributed by atoms with Gasteiger partial charge in [0.15, 0.2) is 0 Å². The first-order valence-corrected chi connectivity index (χ1v) is 5.21. The van der Waals surface area contributed by atoms with Gasteiger partial charge in [-0.05, 0) is 25.8 Å². The van der Waals surface area contributed by atoms with E-state index in [0.29, 0.717) is 5.91 Å². The first-order valence-electron chi connectivity index (χ1n) is 5.21. The molecule has 76 valence electrons. The molecule has 1 atom stereocenters. The standard InChI is InChI=1S/C10H20N2O/c1-3-7-12(2)10(13)9-5-4-6-11-8-9/h9,11H,3-8H2,1-2H3. The van der Waals surface area contributed by atoms with Crippen LogP contribution in [0, 0.1) is 5.92 Å². The van der Waals surface area contributed by atoms with Crippen molar-refractivity contribution >= 4 is 5.91 Å². The summed E-state index contributed by atoms with van der Waals surface area (Å²) in [5.41, 5.74) is 0. The Kier molecular flexibility index (Phi) is 4.22. The van der Waals surface area contributed by atoms with Crippen molar-refractivity contribution in [2.75, 3.05) is 26.7 Å². The first-order chi connectivity index (χ1) is 6.25. The second kappa shape index (κ2) is 5.22. The number of hydrogen-bond acceptors (Lipinski definition) is 2. The Balaban J connectivity index is 2.36. The minimum Gasteiger partial charge on any atom is -0.345 e. The van der Waals surface area contributed by atoms with Gasteiger partial charge < -0.3 is 10.2 Å². The van der Waals surface area contributed by atoms with Gasteiger partial charge in [-0.2, -0.15) is 0 Å². The van der Waals surface area contributed by atoms with E-state index in [0.717, 1.165) is 38.9 Å². The molecule has 0 radical (unpaired) electrons. The fourth-order valence-corrected chi connectivity index (χ4v) is 1.82. The van der Waals surface area contributed by atoms with Crippen molar-refractivity contribution in [2.45, 2.75) is 26.2 Å². The summed E-state index contributed by atoms with van der Waals surface area (Å²) in [5, 5.41) is 3.27. The zero-order valence-electron chi connectivity index (χ0n) is 8.68. The molecule has 0 saturated carbocycles. The summed E-state index contributed by atoms with van der Waals surface area (Å²) in [7, 11) is 1.90. The topological polar surface area (TPSA) is 32.3 Å². The lowest BCUT2D eigenvalue weighted by Gasteiger charge is -2.26. The summed E-state index contributed by atoms with van der Waals surface area (Å²) >= 11 is 0. The summed E-state index contributed by atoms with van der Waals surface area (Å²) < 4.78 is 0. The Morgan fingerprint density at radius 3 is 2.92 bits per heavy atom. The maximum Gasteiger partial charge on any atom is 0.226 e. The van der Waals surface area contributed by atoms with Gasteiger partial charge in [0, 0.05) is 20.1 Å². The highest BCUT2D eigenvalue weighted by Crippen LogP contribution is 2.12. The molecule has 13 heavy (non-hydrogen) atoms. The Morgan fingerprint density at radius 2 is 2.38 bits per heavy atom. The zero-order valence-corrected chi connectivity index (χ0v) is 8.68. The normalized spacial score (nSPS) is 22.8. The van der Waals surface area contributed by atoms with Crippen LogP contribution in [0.15, 0.2) is 0 Å². The van der Waals surface area contributed by atoms with Gasteiger partial charge in [-0.3, -0.25) is 4.79 Å². The minimum atomic E-state index is 0.227. The quantitative estimate of drug-likeness (QED) is 0.705. The third kappa shape index (κ3) is 2.99. The molecular weight excluding hydrogens is 164 g/mol. The number of rotatable bonds is 3. The van der Waals surface area contributed by atoms with E-state index in [1.165, 1.54) is 0 Å². The summed E-state index contributed by atoms with van der Waals surface area (Å²) in [6.07, 6.45) is 3.23. The number of carbonyl (C=O) groups is 1. The lowest BCUT2D eigenvalue weighted by atomic mass is 9.98. The average Bonchev–Trinajstić information content (AvgIpc) is 2.18. The smallest absolute Gasteiger partial charge is 0.226 e. The second-order valence-electron chi connectivity index (χ2n) is 3.80. The monoisotopic (exact) mass is 184 g/mol. The molecule has 1 aliphatic rings. The summed E-state index contributed by atoms with van der Waals surface area (Å²) in [6.45, 7) is 4.92. The molecule has 1 amide bonds. The van der Waals surface area contributed by atoms with E-state index >= 15 is 0 Å². The Bertz CT molecular complexity index is 164. The van der Waals surface area contributed by atoms with E-state index in [-0.39, 0.29) is 5.92 Å². The van der Waals surface area contributed by atoms with Crippen LogP contribution in [0.25, 0.3) is 0 Å². The van der Waals surface area contributed by atoms with Gasteiger partial charge in [-0.1, -0.05) is 6.92 Å². The molecule has 3 heteroatoms.